The van der Waals surface area contributed by atoms with Crippen LogP contribution in [0.1, 0.15) is 51.4 Å². The van der Waals surface area contributed by atoms with Gasteiger partial charge in [0.15, 0.2) is 0 Å². The number of carbonyl (C=O) groups excluding carboxylic acids is 1. The van der Waals surface area contributed by atoms with E-state index in [1.54, 1.807) is 0 Å². The number of hydrogen-bond acceptors (Lipinski definition) is 2. The van der Waals surface area contributed by atoms with Gasteiger partial charge in [0.1, 0.15) is 0 Å². The summed E-state index contributed by atoms with van der Waals surface area (Å²) >= 11 is 0. The molecular weight excluding hydrogens is 212 g/mol. The molecule has 2 fully saturated rings. The van der Waals surface area contributed by atoms with Crippen LogP contribution in [0.2, 0.25) is 0 Å². The van der Waals surface area contributed by atoms with Gasteiger partial charge in [0.25, 0.3) is 0 Å². The Morgan fingerprint density at radius 1 is 1.00 bits per heavy atom. The van der Waals surface area contributed by atoms with Crippen LogP contribution in [-0.4, -0.2) is 25.5 Å². The maximum atomic E-state index is 11.5. The standard InChI is InChI=1S/C14H26N2O/c17-14(16-10-13-6-7-13)11-15-9-8-12-4-2-1-3-5-12/h12-13,15H,1-11H2,(H,16,17). The smallest absolute Gasteiger partial charge is 0.233 e. The van der Waals surface area contributed by atoms with Crippen molar-refractivity contribution in [1.29, 1.82) is 0 Å². The lowest BCUT2D eigenvalue weighted by Crippen LogP contribution is -2.35. The maximum Gasteiger partial charge on any atom is 0.233 e. The summed E-state index contributed by atoms with van der Waals surface area (Å²) in [6, 6.07) is 0. The van der Waals surface area contributed by atoms with E-state index in [1.807, 2.05) is 0 Å². The van der Waals surface area contributed by atoms with Crippen molar-refractivity contribution < 1.29 is 4.79 Å². The largest absolute Gasteiger partial charge is 0.355 e. The monoisotopic (exact) mass is 238 g/mol. The molecule has 1 amide bonds. The van der Waals surface area contributed by atoms with Crippen LogP contribution in [0.15, 0.2) is 0 Å². The molecule has 0 aromatic heterocycles. The highest BCUT2D eigenvalue weighted by molar-refractivity contribution is 5.77. The lowest BCUT2D eigenvalue weighted by Gasteiger charge is -2.21. The van der Waals surface area contributed by atoms with Crippen LogP contribution in [0, 0.1) is 11.8 Å². The first kappa shape index (κ1) is 12.9. The molecule has 3 heteroatoms. The summed E-state index contributed by atoms with van der Waals surface area (Å²) in [5, 5.41) is 6.25. The van der Waals surface area contributed by atoms with Crippen molar-refractivity contribution >= 4 is 5.91 Å². The Balaban J connectivity index is 1.42. The van der Waals surface area contributed by atoms with Gasteiger partial charge in [-0.05, 0) is 37.6 Å². The number of rotatable bonds is 7. The van der Waals surface area contributed by atoms with Gasteiger partial charge in [0, 0.05) is 6.54 Å². The zero-order valence-corrected chi connectivity index (χ0v) is 10.8. The first-order chi connectivity index (χ1) is 8.34. The highest BCUT2D eigenvalue weighted by Gasteiger charge is 2.21. The molecule has 0 aromatic carbocycles. The fourth-order valence-electron chi connectivity index (χ4n) is 2.63. The van der Waals surface area contributed by atoms with Gasteiger partial charge in [-0.15, -0.1) is 0 Å². The molecular formula is C14H26N2O. The molecule has 2 saturated carbocycles. The van der Waals surface area contributed by atoms with E-state index in [4.69, 9.17) is 0 Å². The van der Waals surface area contributed by atoms with Crippen molar-refractivity contribution in [2.75, 3.05) is 19.6 Å². The van der Waals surface area contributed by atoms with E-state index in [0.717, 1.165) is 24.9 Å². The molecule has 98 valence electrons. The molecule has 2 rings (SSSR count). The number of nitrogens with one attached hydrogen (secondary N) is 2. The summed E-state index contributed by atoms with van der Waals surface area (Å²) in [7, 11) is 0. The minimum absolute atomic E-state index is 0.167. The third-order valence-electron chi connectivity index (χ3n) is 4.02. The van der Waals surface area contributed by atoms with Gasteiger partial charge in [0.05, 0.1) is 6.54 Å². The van der Waals surface area contributed by atoms with Gasteiger partial charge in [-0.2, -0.15) is 0 Å². The summed E-state index contributed by atoms with van der Waals surface area (Å²) in [4.78, 5) is 11.5. The Labute approximate surface area is 105 Å². The van der Waals surface area contributed by atoms with Crippen LogP contribution < -0.4 is 10.6 Å². The molecule has 2 aliphatic carbocycles. The lowest BCUT2D eigenvalue weighted by atomic mass is 9.87. The van der Waals surface area contributed by atoms with Crippen LogP contribution in [-0.2, 0) is 4.79 Å². The topological polar surface area (TPSA) is 41.1 Å². The zero-order valence-electron chi connectivity index (χ0n) is 10.8. The summed E-state index contributed by atoms with van der Waals surface area (Å²) < 4.78 is 0. The molecule has 17 heavy (non-hydrogen) atoms. The van der Waals surface area contributed by atoms with Crippen LogP contribution >= 0.6 is 0 Å². The first-order valence-corrected chi connectivity index (χ1v) is 7.32. The third kappa shape index (κ3) is 5.53. The minimum atomic E-state index is 0.167. The number of hydrogen-bond donors (Lipinski definition) is 2. The summed E-state index contributed by atoms with van der Waals surface area (Å²) in [5.74, 6) is 1.85. The molecule has 3 nitrogen and oxygen atoms in total. The van der Waals surface area contributed by atoms with Crippen molar-refractivity contribution in [1.82, 2.24) is 10.6 Å². The Kier molecular flexibility index (Phi) is 5.30. The maximum absolute atomic E-state index is 11.5. The van der Waals surface area contributed by atoms with Gasteiger partial charge in [-0.3, -0.25) is 4.79 Å². The molecule has 0 atom stereocenters. The van der Waals surface area contributed by atoms with Crippen molar-refractivity contribution in [3.63, 3.8) is 0 Å². The second-order valence-electron chi connectivity index (χ2n) is 5.72. The fraction of sp³-hybridized carbons (Fsp3) is 0.929. The third-order valence-corrected chi connectivity index (χ3v) is 4.02. The van der Waals surface area contributed by atoms with E-state index in [9.17, 15) is 4.79 Å². The Morgan fingerprint density at radius 2 is 1.76 bits per heavy atom. The summed E-state index contributed by atoms with van der Waals surface area (Å²) in [6.07, 6.45) is 10.9. The molecule has 0 spiro atoms. The molecule has 0 bridgehead atoms. The fourth-order valence-corrected chi connectivity index (χ4v) is 2.63. The Bertz CT molecular complexity index is 232. The second kappa shape index (κ2) is 7.00. The molecule has 0 heterocycles. The normalized spacial score (nSPS) is 21.4. The van der Waals surface area contributed by atoms with E-state index in [-0.39, 0.29) is 5.91 Å². The first-order valence-electron chi connectivity index (χ1n) is 7.32. The molecule has 2 N–H and O–H groups in total. The van der Waals surface area contributed by atoms with E-state index in [2.05, 4.69) is 10.6 Å². The van der Waals surface area contributed by atoms with Crippen LogP contribution in [0.4, 0.5) is 0 Å². The second-order valence-corrected chi connectivity index (χ2v) is 5.72. The van der Waals surface area contributed by atoms with Crippen molar-refractivity contribution in [2.24, 2.45) is 11.8 Å². The van der Waals surface area contributed by atoms with E-state index >= 15 is 0 Å². The quantitative estimate of drug-likeness (QED) is 0.667. The lowest BCUT2D eigenvalue weighted by molar-refractivity contribution is -0.120. The minimum Gasteiger partial charge on any atom is -0.355 e. The Morgan fingerprint density at radius 3 is 2.47 bits per heavy atom. The summed E-state index contributed by atoms with van der Waals surface area (Å²) in [5.41, 5.74) is 0. The van der Waals surface area contributed by atoms with E-state index in [0.29, 0.717) is 6.54 Å². The van der Waals surface area contributed by atoms with Crippen LogP contribution in [0.3, 0.4) is 0 Å². The van der Waals surface area contributed by atoms with Gasteiger partial charge in [0.2, 0.25) is 5.91 Å². The van der Waals surface area contributed by atoms with Crippen LogP contribution in [0.25, 0.3) is 0 Å². The molecule has 0 aromatic rings. The highest BCUT2D eigenvalue weighted by atomic mass is 16.1. The molecule has 0 saturated heterocycles. The molecule has 0 unspecified atom stereocenters. The molecule has 2 aliphatic rings. The average molecular weight is 238 g/mol. The van der Waals surface area contributed by atoms with Gasteiger partial charge in [-0.1, -0.05) is 32.1 Å². The predicted octanol–water partition coefficient (Wildman–Crippen LogP) is 2.07. The highest BCUT2D eigenvalue weighted by Crippen LogP contribution is 2.27. The molecule has 0 aliphatic heterocycles. The van der Waals surface area contributed by atoms with Gasteiger partial charge >= 0.3 is 0 Å². The van der Waals surface area contributed by atoms with Gasteiger partial charge in [-0.25, -0.2) is 0 Å². The van der Waals surface area contributed by atoms with Gasteiger partial charge < -0.3 is 10.6 Å². The number of carbonyl (C=O) groups is 1. The van der Waals surface area contributed by atoms with E-state index < -0.39 is 0 Å². The zero-order chi connectivity index (χ0) is 11.9. The summed E-state index contributed by atoms with van der Waals surface area (Å²) in [6.45, 7) is 2.39. The van der Waals surface area contributed by atoms with E-state index in [1.165, 1.54) is 51.4 Å². The predicted molar refractivity (Wildman–Crippen MR) is 69.8 cm³/mol. The SMILES string of the molecule is O=C(CNCCC1CCCCC1)NCC1CC1. The van der Waals surface area contributed by atoms with Crippen molar-refractivity contribution in [3.8, 4) is 0 Å². The van der Waals surface area contributed by atoms with Crippen molar-refractivity contribution in [2.45, 2.75) is 51.4 Å². The number of amides is 1. The average Bonchev–Trinajstić information content (AvgIpc) is 3.17. The Hall–Kier alpha value is -0.570. The van der Waals surface area contributed by atoms with Crippen LogP contribution in [0.5, 0.6) is 0 Å². The molecule has 0 radical (unpaired) electrons. The van der Waals surface area contributed by atoms with Crippen molar-refractivity contribution in [3.05, 3.63) is 0 Å².